The summed E-state index contributed by atoms with van der Waals surface area (Å²) in [6.45, 7) is 4.73. The first kappa shape index (κ1) is 17.2. The van der Waals surface area contributed by atoms with Crippen molar-refractivity contribution in [2.75, 3.05) is 13.1 Å². The average Bonchev–Trinajstić information content (AvgIpc) is 2.99. The second-order valence-corrected chi connectivity index (χ2v) is 6.28. The third kappa shape index (κ3) is 3.73. The summed E-state index contributed by atoms with van der Waals surface area (Å²) < 4.78 is 10.7. The summed E-state index contributed by atoms with van der Waals surface area (Å²) in [7, 11) is 0. The highest BCUT2D eigenvalue weighted by molar-refractivity contribution is 5.94. The molecule has 0 N–H and O–H groups in total. The van der Waals surface area contributed by atoms with Gasteiger partial charge in [0.2, 0.25) is 6.10 Å². The van der Waals surface area contributed by atoms with Crippen LogP contribution in [0.4, 0.5) is 0 Å². The van der Waals surface area contributed by atoms with Gasteiger partial charge >= 0.3 is 5.97 Å². The number of carbonyl (C=O) groups excluding carboxylic acids is 2. The number of rotatable bonds is 4. The summed E-state index contributed by atoms with van der Waals surface area (Å²) in [5, 5.41) is 3.78. The predicted molar refractivity (Wildman–Crippen MR) is 91.0 cm³/mol. The zero-order chi connectivity index (χ0) is 17.8. The van der Waals surface area contributed by atoms with E-state index < -0.39 is 12.1 Å². The van der Waals surface area contributed by atoms with E-state index in [4.69, 9.17) is 9.26 Å². The third-order valence-electron chi connectivity index (χ3n) is 4.46. The standard InChI is InChI=1S/C19H22N2O4/c1-13-16(14(2)25-20-13)19(23)24-17(15-9-5-3-6-10-15)18(22)21-11-7-4-8-12-21/h3,5-6,9-10,17H,4,7-8,11-12H2,1-2H3/t17-/m1/s1. The Kier molecular flexibility index (Phi) is 5.16. The number of benzene rings is 1. The van der Waals surface area contributed by atoms with Gasteiger partial charge in [-0.15, -0.1) is 0 Å². The molecule has 0 radical (unpaired) electrons. The summed E-state index contributed by atoms with van der Waals surface area (Å²) >= 11 is 0. The quantitative estimate of drug-likeness (QED) is 0.798. The number of carbonyl (C=O) groups is 2. The summed E-state index contributed by atoms with van der Waals surface area (Å²) in [4.78, 5) is 27.4. The van der Waals surface area contributed by atoms with E-state index in [0.29, 0.717) is 30.1 Å². The maximum Gasteiger partial charge on any atom is 0.344 e. The SMILES string of the molecule is Cc1noc(C)c1C(=O)O[C@@H](C(=O)N1CCCCC1)c1ccccc1. The molecule has 1 aromatic heterocycles. The van der Waals surface area contributed by atoms with Crippen molar-refractivity contribution in [2.24, 2.45) is 0 Å². The van der Waals surface area contributed by atoms with Crippen LogP contribution in [0.2, 0.25) is 0 Å². The summed E-state index contributed by atoms with van der Waals surface area (Å²) in [5.74, 6) is -0.374. The number of ether oxygens (including phenoxy) is 1. The monoisotopic (exact) mass is 342 g/mol. The van der Waals surface area contributed by atoms with Gasteiger partial charge < -0.3 is 14.2 Å². The predicted octanol–water partition coefficient (Wildman–Crippen LogP) is 3.20. The van der Waals surface area contributed by atoms with Crippen LogP contribution < -0.4 is 0 Å². The Morgan fingerprint density at radius 3 is 2.40 bits per heavy atom. The van der Waals surface area contributed by atoms with E-state index in [-0.39, 0.29) is 11.5 Å². The van der Waals surface area contributed by atoms with Crippen molar-refractivity contribution < 1.29 is 18.8 Å². The van der Waals surface area contributed by atoms with E-state index in [0.717, 1.165) is 19.3 Å². The smallest absolute Gasteiger partial charge is 0.344 e. The molecule has 1 aliphatic rings. The third-order valence-corrected chi connectivity index (χ3v) is 4.46. The molecule has 0 spiro atoms. The molecule has 0 saturated carbocycles. The lowest BCUT2D eigenvalue weighted by molar-refractivity contribution is -0.142. The van der Waals surface area contributed by atoms with E-state index in [1.54, 1.807) is 30.9 Å². The number of aromatic nitrogens is 1. The first-order chi connectivity index (χ1) is 12.1. The van der Waals surface area contributed by atoms with Crippen molar-refractivity contribution in [1.82, 2.24) is 10.1 Å². The molecule has 0 unspecified atom stereocenters. The highest BCUT2D eigenvalue weighted by Crippen LogP contribution is 2.25. The van der Waals surface area contributed by atoms with Crippen LogP contribution in [0.1, 0.15) is 52.7 Å². The number of amides is 1. The first-order valence-electron chi connectivity index (χ1n) is 8.55. The Balaban J connectivity index is 1.86. The van der Waals surface area contributed by atoms with E-state index in [2.05, 4.69) is 5.16 Å². The maximum absolute atomic E-state index is 13.0. The molecule has 1 atom stereocenters. The van der Waals surface area contributed by atoms with Gasteiger partial charge in [0.1, 0.15) is 11.3 Å². The first-order valence-corrected chi connectivity index (χ1v) is 8.55. The van der Waals surface area contributed by atoms with Crippen LogP contribution in [-0.4, -0.2) is 35.0 Å². The Bertz CT molecular complexity index is 729. The molecule has 2 heterocycles. The molecule has 3 rings (SSSR count). The lowest BCUT2D eigenvalue weighted by Gasteiger charge is -2.30. The highest BCUT2D eigenvalue weighted by atomic mass is 16.6. The highest BCUT2D eigenvalue weighted by Gasteiger charge is 2.32. The van der Waals surface area contributed by atoms with Gasteiger partial charge in [-0.1, -0.05) is 35.5 Å². The zero-order valence-corrected chi connectivity index (χ0v) is 14.5. The van der Waals surface area contributed by atoms with E-state index in [1.165, 1.54) is 0 Å². The molecule has 1 amide bonds. The number of esters is 1. The fourth-order valence-electron chi connectivity index (χ4n) is 3.11. The van der Waals surface area contributed by atoms with E-state index >= 15 is 0 Å². The van der Waals surface area contributed by atoms with E-state index in [9.17, 15) is 9.59 Å². The lowest BCUT2D eigenvalue weighted by atomic mass is 10.1. The van der Waals surface area contributed by atoms with Crippen molar-refractivity contribution in [1.29, 1.82) is 0 Å². The van der Waals surface area contributed by atoms with Gasteiger partial charge in [0, 0.05) is 18.7 Å². The second-order valence-electron chi connectivity index (χ2n) is 6.28. The van der Waals surface area contributed by atoms with Gasteiger partial charge in [0.15, 0.2) is 0 Å². The van der Waals surface area contributed by atoms with Gasteiger partial charge in [-0.3, -0.25) is 4.79 Å². The molecule has 1 aromatic carbocycles. The van der Waals surface area contributed by atoms with Crippen molar-refractivity contribution in [3.63, 3.8) is 0 Å². The van der Waals surface area contributed by atoms with Crippen LogP contribution in [0.5, 0.6) is 0 Å². The Labute approximate surface area is 146 Å². The molecule has 6 nitrogen and oxygen atoms in total. The van der Waals surface area contributed by atoms with Crippen LogP contribution >= 0.6 is 0 Å². The zero-order valence-electron chi connectivity index (χ0n) is 14.5. The van der Waals surface area contributed by atoms with Crippen LogP contribution in [0.3, 0.4) is 0 Å². The number of nitrogens with zero attached hydrogens (tertiary/aromatic N) is 2. The summed E-state index contributed by atoms with van der Waals surface area (Å²) in [6.07, 6.45) is 2.12. The molecule has 132 valence electrons. The molecule has 1 aliphatic heterocycles. The normalized spacial score (nSPS) is 15.7. The summed E-state index contributed by atoms with van der Waals surface area (Å²) in [5.41, 5.74) is 1.41. The van der Waals surface area contributed by atoms with Crippen molar-refractivity contribution in [2.45, 2.75) is 39.2 Å². The molecule has 2 aromatic rings. The maximum atomic E-state index is 13.0. The largest absolute Gasteiger partial charge is 0.444 e. The number of aryl methyl sites for hydroxylation is 2. The van der Waals surface area contributed by atoms with Crippen LogP contribution in [0.25, 0.3) is 0 Å². The van der Waals surface area contributed by atoms with Crippen molar-refractivity contribution >= 4 is 11.9 Å². The van der Waals surface area contributed by atoms with E-state index in [1.807, 2.05) is 18.2 Å². The number of hydrogen-bond acceptors (Lipinski definition) is 5. The lowest BCUT2D eigenvalue weighted by Crippen LogP contribution is -2.40. The van der Waals surface area contributed by atoms with Gasteiger partial charge in [-0.25, -0.2) is 4.79 Å². The van der Waals surface area contributed by atoms with Crippen molar-refractivity contribution in [3.8, 4) is 0 Å². The Morgan fingerprint density at radius 1 is 1.12 bits per heavy atom. The molecular weight excluding hydrogens is 320 g/mol. The minimum atomic E-state index is -0.958. The summed E-state index contributed by atoms with van der Waals surface area (Å²) in [6, 6.07) is 9.12. The number of hydrogen-bond donors (Lipinski definition) is 0. The molecule has 1 saturated heterocycles. The second kappa shape index (κ2) is 7.51. The number of piperidine rings is 1. The van der Waals surface area contributed by atoms with Gasteiger partial charge in [-0.05, 0) is 33.1 Å². The molecule has 6 heteroatoms. The topological polar surface area (TPSA) is 72.6 Å². The van der Waals surface area contributed by atoms with Gasteiger partial charge in [-0.2, -0.15) is 0 Å². The van der Waals surface area contributed by atoms with Crippen LogP contribution in [0.15, 0.2) is 34.9 Å². The van der Waals surface area contributed by atoms with Gasteiger partial charge in [0.25, 0.3) is 5.91 Å². The van der Waals surface area contributed by atoms with Crippen LogP contribution in [0, 0.1) is 13.8 Å². The minimum Gasteiger partial charge on any atom is -0.444 e. The fraction of sp³-hybridized carbons (Fsp3) is 0.421. The van der Waals surface area contributed by atoms with Crippen molar-refractivity contribution in [3.05, 3.63) is 52.9 Å². The van der Waals surface area contributed by atoms with Crippen LogP contribution in [-0.2, 0) is 9.53 Å². The Morgan fingerprint density at radius 2 is 1.80 bits per heavy atom. The minimum absolute atomic E-state index is 0.175. The molecule has 25 heavy (non-hydrogen) atoms. The molecular formula is C19H22N2O4. The molecule has 0 bridgehead atoms. The number of likely N-dealkylation sites (tertiary alicyclic amines) is 1. The van der Waals surface area contributed by atoms with Gasteiger partial charge in [0.05, 0.1) is 5.69 Å². The average molecular weight is 342 g/mol. The molecule has 1 fully saturated rings. The molecule has 0 aliphatic carbocycles. The Hall–Kier alpha value is -2.63. The fourth-order valence-corrected chi connectivity index (χ4v) is 3.11.